The minimum absolute atomic E-state index is 0.501. The van der Waals surface area contributed by atoms with E-state index in [0.717, 1.165) is 0 Å². The number of H-pyrrole nitrogens is 1. The van der Waals surface area contributed by atoms with Gasteiger partial charge in [-0.25, -0.2) is 0 Å². The van der Waals surface area contributed by atoms with E-state index in [-0.39, 0.29) is 0 Å². The second-order valence-corrected chi connectivity index (χ2v) is 1.12. The van der Waals surface area contributed by atoms with Crippen LogP contribution in [0.1, 0.15) is 22.2 Å². The number of aromatic amines is 1. The van der Waals surface area contributed by atoms with Gasteiger partial charge in [-0.15, -0.1) is 0 Å². The first-order valence-corrected chi connectivity index (χ1v) is 1.75. The highest BCUT2D eigenvalue weighted by Gasteiger charge is 1.82. The standard InChI is InChI=1S/C6H9N/c1-5-3-6(2)7-4-5/h3-4,7H,1-2H3/i1D3,2D3,3D,4D. The van der Waals surface area contributed by atoms with Crippen molar-refractivity contribution in [1.82, 2.24) is 4.98 Å². The molecule has 1 aromatic rings. The summed E-state index contributed by atoms with van der Waals surface area (Å²) in [6.07, 6.45) is -0.536. The van der Waals surface area contributed by atoms with Crippen LogP contribution in [0.2, 0.25) is 0 Å². The molecule has 0 aliphatic rings. The van der Waals surface area contributed by atoms with Gasteiger partial charge >= 0.3 is 0 Å². The molecule has 0 unspecified atom stereocenters. The van der Waals surface area contributed by atoms with Crippen LogP contribution in [0.3, 0.4) is 0 Å². The van der Waals surface area contributed by atoms with Crippen LogP contribution >= 0.6 is 0 Å². The third-order valence-corrected chi connectivity index (χ3v) is 0.562. The fraction of sp³-hybridized carbons (Fsp3) is 0.333. The molecule has 0 atom stereocenters. The fourth-order valence-electron chi connectivity index (χ4n) is 0.312. The molecule has 0 bridgehead atoms. The van der Waals surface area contributed by atoms with Crippen LogP contribution in [0.25, 0.3) is 0 Å². The summed E-state index contributed by atoms with van der Waals surface area (Å²) < 4.78 is 57.0. The molecule has 0 fully saturated rings. The molecule has 0 radical (unpaired) electrons. The molecule has 0 aromatic carbocycles. The summed E-state index contributed by atoms with van der Waals surface area (Å²) in [6, 6.07) is -0.625. The maximum atomic E-state index is 7.41. The van der Waals surface area contributed by atoms with Crippen LogP contribution in [-0.4, -0.2) is 4.98 Å². The van der Waals surface area contributed by atoms with Crippen molar-refractivity contribution in [2.45, 2.75) is 13.7 Å². The Labute approximate surface area is 54.6 Å². The molecule has 1 heteroatoms. The summed E-state index contributed by atoms with van der Waals surface area (Å²) in [7, 11) is 0. The smallest absolute Gasteiger partial charge is 0.0818 e. The minimum atomic E-state index is -2.64. The van der Waals surface area contributed by atoms with Crippen molar-refractivity contribution in [2.75, 3.05) is 0 Å². The molecule has 1 N–H and O–H groups in total. The van der Waals surface area contributed by atoms with Crippen LogP contribution in [0.5, 0.6) is 0 Å². The van der Waals surface area contributed by atoms with Gasteiger partial charge in [0.05, 0.1) is 2.74 Å². The highest BCUT2D eigenvalue weighted by molar-refractivity contribution is 5.12. The van der Waals surface area contributed by atoms with Crippen molar-refractivity contribution in [3.8, 4) is 0 Å². The predicted octanol–water partition coefficient (Wildman–Crippen LogP) is 1.63. The maximum absolute atomic E-state index is 7.41. The summed E-state index contributed by atoms with van der Waals surface area (Å²) in [5.41, 5.74) is -1.05. The van der Waals surface area contributed by atoms with Crippen molar-refractivity contribution in [2.24, 2.45) is 0 Å². The van der Waals surface area contributed by atoms with Crippen molar-refractivity contribution in [1.29, 1.82) is 0 Å². The zero-order valence-corrected chi connectivity index (χ0v) is 3.50. The highest BCUT2D eigenvalue weighted by atomic mass is 14.7. The summed E-state index contributed by atoms with van der Waals surface area (Å²) in [4.78, 5) is 2.12. The molecular formula is C6H9N. The van der Waals surface area contributed by atoms with Gasteiger partial charge in [-0.3, -0.25) is 0 Å². The van der Waals surface area contributed by atoms with Crippen molar-refractivity contribution in [3.05, 3.63) is 23.5 Å². The van der Waals surface area contributed by atoms with E-state index in [2.05, 4.69) is 4.98 Å². The van der Waals surface area contributed by atoms with Crippen molar-refractivity contribution in [3.63, 3.8) is 0 Å². The van der Waals surface area contributed by atoms with Gasteiger partial charge in [0.15, 0.2) is 0 Å². The molecule has 7 heavy (non-hydrogen) atoms. The number of aromatic nitrogens is 1. The van der Waals surface area contributed by atoms with Crippen LogP contribution in [-0.2, 0) is 0 Å². The Morgan fingerprint density at radius 1 is 1.86 bits per heavy atom. The first-order valence-electron chi connectivity index (χ1n) is 5.75. The second-order valence-electron chi connectivity index (χ2n) is 1.12. The molecule has 0 saturated heterocycles. The lowest BCUT2D eigenvalue weighted by atomic mass is 10.4. The monoisotopic (exact) mass is 103 g/mol. The molecule has 0 spiro atoms. The molecule has 1 heterocycles. The highest BCUT2D eigenvalue weighted by Crippen LogP contribution is 1.97. The number of nitrogens with one attached hydrogen (secondary N) is 1. The first kappa shape index (κ1) is 0.859. The van der Waals surface area contributed by atoms with Crippen molar-refractivity contribution < 1.29 is 11.0 Å². The average molecular weight is 103 g/mol. The lowest BCUT2D eigenvalue weighted by molar-refractivity contribution is 1.26. The summed E-state index contributed by atoms with van der Waals surface area (Å²) in [5, 5.41) is 0. The normalized spacial score (nSPS) is 29.7. The van der Waals surface area contributed by atoms with Gasteiger partial charge in [0.1, 0.15) is 0 Å². The first-order chi connectivity index (χ1) is 6.55. The SMILES string of the molecule is [2H]c1[nH]c(C([2H])([2H])[2H])c([2H])c1C([2H])([2H])[2H]. The quantitative estimate of drug-likeness (QED) is 0.513. The summed E-state index contributed by atoms with van der Waals surface area (Å²) in [5.74, 6) is 0. The van der Waals surface area contributed by atoms with Crippen LogP contribution in [0, 0.1) is 13.7 Å². The van der Waals surface area contributed by atoms with E-state index in [9.17, 15) is 0 Å². The zero-order chi connectivity index (χ0) is 12.0. The van der Waals surface area contributed by atoms with E-state index in [1.54, 1.807) is 0 Å². The molecule has 1 rings (SSSR count). The Morgan fingerprint density at radius 3 is 3.29 bits per heavy atom. The fourth-order valence-corrected chi connectivity index (χ4v) is 0.312. The predicted molar refractivity (Wildman–Crippen MR) is 30.3 cm³/mol. The van der Waals surface area contributed by atoms with E-state index in [1.165, 1.54) is 0 Å². The Morgan fingerprint density at radius 2 is 2.86 bits per heavy atom. The van der Waals surface area contributed by atoms with Crippen molar-refractivity contribution >= 4 is 0 Å². The largest absolute Gasteiger partial charge is 0.365 e. The number of hydrogen-bond donors (Lipinski definition) is 1. The average Bonchev–Trinajstić information content (AvgIpc) is 2.22. The van der Waals surface area contributed by atoms with Gasteiger partial charge in [0.2, 0.25) is 0 Å². The molecule has 38 valence electrons. The number of aryl methyl sites for hydroxylation is 1. The zero-order valence-electron chi connectivity index (χ0n) is 11.5. The van der Waals surface area contributed by atoms with Gasteiger partial charge < -0.3 is 4.98 Å². The molecule has 1 aromatic heterocycles. The van der Waals surface area contributed by atoms with Gasteiger partial charge in [-0.1, -0.05) is 0 Å². The molecule has 0 aliphatic heterocycles. The summed E-state index contributed by atoms with van der Waals surface area (Å²) >= 11 is 0. The maximum Gasteiger partial charge on any atom is 0.0818 e. The molecule has 1 nitrogen and oxygen atoms in total. The van der Waals surface area contributed by atoms with E-state index in [0.29, 0.717) is 0 Å². The number of hydrogen-bond acceptors (Lipinski definition) is 0. The van der Waals surface area contributed by atoms with E-state index in [4.69, 9.17) is 11.0 Å². The lowest BCUT2D eigenvalue weighted by Crippen LogP contribution is -1.59. The van der Waals surface area contributed by atoms with Gasteiger partial charge in [-0.05, 0) is 25.3 Å². The van der Waals surface area contributed by atoms with E-state index < -0.39 is 37.2 Å². The Balaban J connectivity index is 3.41. The third kappa shape index (κ3) is 0.829. The lowest BCUT2D eigenvalue weighted by Gasteiger charge is -1.71. The minimum Gasteiger partial charge on any atom is -0.365 e. The Hall–Kier alpha value is -0.720. The second kappa shape index (κ2) is 1.41. The third-order valence-electron chi connectivity index (χ3n) is 0.562. The van der Waals surface area contributed by atoms with Crippen LogP contribution in [0.15, 0.2) is 12.2 Å². The van der Waals surface area contributed by atoms with E-state index in [1.807, 2.05) is 0 Å². The Bertz CT molecular complexity index is 370. The molecule has 0 saturated carbocycles. The van der Waals surface area contributed by atoms with Gasteiger partial charge in [0, 0.05) is 20.1 Å². The van der Waals surface area contributed by atoms with Gasteiger partial charge in [0.25, 0.3) is 0 Å². The topological polar surface area (TPSA) is 15.8 Å². The van der Waals surface area contributed by atoms with Crippen LogP contribution in [0.4, 0.5) is 0 Å². The van der Waals surface area contributed by atoms with Gasteiger partial charge in [-0.2, -0.15) is 0 Å². The molecule has 0 aliphatic carbocycles. The van der Waals surface area contributed by atoms with E-state index >= 15 is 0 Å². The molecular weight excluding hydrogens is 86.1 g/mol. The van der Waals surface area contributed by atoms with Crippen LogP contribution < -0.4 is 0 Å². The molecule has 0 amide bonds. The number of rotatable bonds is 0. The Kier molecular flexibility index (Phi) is 0.173. The summed E-state index contributed by atoms with van der Waals surface area (Å²) in [6.45, 7) is -5.25.